The van der Waals surface area contributed by atoms with Gasteiger partial charge in [0.25, 0.3) is 0 Å². The second-order valence-corrected chi connectivity index (χ2v) is 8.51. The average Bonchev–Trinajstić information content (AvgIpc) is 2.78. The summed E-state index contributed by atoms with van der Waals surface area (Å²) in [6, 6.07) is 15.6. The predicted molar refractivity (Wildman–Crippen MR) is 130 cm³/mol. The van der Waals surface area contributed by atoms with E-state index in [1.807, 2.05) is 83.1 Å². The first kappa shape index (κ1) is 25.4. The zero-order valence-electron chi connectivity index (χ0n) is 20.2. The molecule has 0 saturated carbocycles. The fourth-order valence-corrected chi connectivity index (χ4v) is 3.44. The van der Waals surface area contributed by atoms with Gasteiger partial charge in [0.1, 0.15) is 11.8 Å². The molecule has 0 spiro atoms. The van der Waals surface area contributed by atoms with Gasteiger partial charge in [-0.05, 0) is 57.7 Å². The lowest BCUT2D eigenvalue weighted by Crippen LogP contribution is -2.50. The van der Waals surface area contributed by atoms with Crippen LogP contribution in [0.5, 0.6) is 5.75 Å². The molecule has 0 unspecified atom stereocenters. The molecule has 0 fully saturated rings. The van der Waals surface area contributed by atoms with E-state index in [0.717, 1.165) is 17.7 Å². The first-order valence-corrected chi connectivity index (χ1v) is 11.7. The molecule has 0 aromatic heterocycles. The number of hydrogen-bond acceptors (Lipinski definition) is 3. The number of rotatable bonds is 12. The lowest BCUT2D eigenvalue weighted by Gasteiger charge is -2.31. The molecular formula is C27H38N2O3. The smallest absolute Gasteiger partial charge is 0.243 e. The molecule has 0 aliphatic carbocycles. The Kier molecular flexibility index (Phi) is 10.3. The third-order valence-electron chi connectivity index (χ3n) is 5.69. The summed E-state index contributed by atoms with van der Waals surface area (Å²) < 4.78 is 5.77. The molecule has 1 N–H and O–H groups in total. The van der Waals surface area contributed by atoms with E-state index >= 15 is 0 Å². The number of benzene rings is 2. The zero-order valence-corrected chi connectivity index (χ0v) is 20.2. The van der Waals surface area contributed by atoms with Crippen molar-refractivity contribution in [2.24, 2.45) is 0 Å². The Morgan fingerprint density at radius 2 is 1.53 bits per heavy atom. The maximum atomic E-state index is 13.2. The Balaban J connectivity index is 2.05. The third-order valence-corrected chi connectivity index (χ3v) is 5.69. The van der Waals surface area contributed by atoms with E-state index < -0.39 is 6.04 Å². The molecule has 32 heavy (non-hydrogen) atoms. The van der Waals surface area contributed by atoms with Crippen LogP contribution in [0.3, 0.4) is 0 Å². The Hall–Kier alpha value is -2.82. The molecule has 5 nitrogen and oxygen atoms in total. The van der Waals surface area contributed by atoms with Crippen LogP contribution in [0.1, 0.15) is 63.1 Å². The van der Waals surface area contributed by atoms with Crippen molar-refractivity contribution in [3.05, 3.63) is 65.2 Å². The molecule has 2 aromatic rings. The fraction of sp³-hybridized carbons (Fsp3) is 0.481. The lowest BCUT2D eigenvalue weighted by atomic mass is 10.1. The van der Waals surface area contributed by atoms with E-state index in [-0.39, 0.29) is 17.9 Å². The largest absolute Gasteiger partial charge is 0.494 e. The van der Waals surface area contributed by atoms with Crippen LogP contribution in [0.2, 0.25) is 0 Å². The van der Waals surface area contributed by atoms with E-state index in [4.69, 9.17) is 4.74 Å². The van der Waals surface area contributed by atoms with Crippen molar-refractivity contribution in [2.75, 3.05) is 6.61 Å². The summed E-state index contributed by atoms with van der Waals surface area (Å²) in [7, 11) is 0. The summed E-state index contributed by atoms with van der Waals surface area (Å²) in [6.45, 7) is 10.9. The quantitative estimate of drug-likeness (QED) is 0.464. The zero-order chi connectivity index (χ0) is 23.5. The third kappa shape index (κ3) is 8.03. The van der Waals surface area contributed by atoms with Crippen LogP contribution in [0, 0.1) is 13.8 Å². The van der Waals surface area contributed by atoms with Gasteiger partial charge in [-0.3, -0.25) is 9.59 Å². The highest BCUT2D eigenvalue weighted by Gasteiger charge is 2.28. The van der Waals surface area contributed by atoms with Crippen LogP contribution in [0.4, 0.5) is 0 Å². The van der Waals surface area contributed by atoms with Gasteiger partial charge in [-0.25, -0.2) is 0 Å². The van der Waals surface area contributed by atoms with E-state index in [1.165, 1.54) is 11.1 Å². The van der Waals surface area contributed by atoms with Crippen LogP contribution >= 0.6 is 0 Å². The van der Waals surface area contributed by atoms with Crippen molar-refractivity contribution >= 4 is 11.8 Å². The van der Waals surface area contributed by atoms with Gasteiger partial charge in [-0.2, -0.15) is 0 Å². The summed E-state index contributed by atoms with van der Waals surface area (Å²) in [5.41, 5.74) is 3.37. The van der Waals surface area contributed by atoms with Gasteiger partial charge in [0.2, 0.25) is 11.8 Å². The number of aryl methyl sites for hydroxylation is 2. The predicted octanol–water partition coefficient (Wildman–Crippen LogP) is 5.18. The summed E-state index contributed by atoms with van der Waals surface area (Å²) in [5.74, 6) is 0.696. The normalized spacial score (nSPS) is 12.7. The van der Waals surface area contributed by atoms with Crippen LogP contribution in [-0.4, -0.2) is 35.4 Å². The molecule has 2 aromatic carbocycles. The minimum Gasteiger partial charge on any atom is -0.494 e. The maximum Gasteiger partial charge on any atom is 0.243 e. The Morgan fingerprint density at radius 1 is 0.938 bits per heavy atom. The number of carbonyl (C=O) groups is 2. The number of amides is 2. The monoisotopic (exact) mass is 438 g/mol. The van der Waals surface area contributed by atoms with Gasteiger partial charge in [-0.15, -0.1) is 0 Å². The van der Waals surface area contributed by atoms with E-state index in [1.54, 1.807) is 4.90 Å². The number of nitrogens with zero attached hydrogens (tertiary/aromatic N) is 1. The Bertz CT molecular complexity index is 846. The van der Waals surface area contributed by atoms with Crippen LogP contribution < -0.4 is 10.1 Å². The van der Waals surface area contributed by atoms with Crippen molar-refractivity contribution in [1.29, 1.82) is 0 Å². The summed E-state index contributed by atoms with van der Waals surface area (Å²) >= 11 is 0. The van der Waals surface area contributed by atoms with Gasteiger partial charge in [0, 0.05) is 19.0 Å². The van der Waals surface area contributed by atoms with Crippen LogP contribution in [0.25, 0.3) is 0 Å². The Morgan fingerprint density at radius 3 is 2.09 bits per heavy atom. The van der Waals surface area contributed by atoms with Crippen molar-refractivity contribution in [3.63, 3.8) is 0 Å². The molecule has 174 valence electrons. The van der Waals surface area contributed by atoms with E-state index in [2.05, 4.69) is 5.32 Å². The standard InChI is InChI=1S/C27H38N2O3/c1-6-22(5)28-27(31)25(7-2)29(19-23-14-10-20(3)11-15-23)26(30)9-8-18-32-24-16-12-21(4)13-17-24/h10-17,22,25H,6-9,18-19H2,1-5H3,(H,28,31)/t22-,25+/m0/s1. The van der Waals surface area contributed by atoms with Gasteiger partial charge in [0.15, 0.2) is 0 Å². The number of hydrogen-bond donors (Lipinski definition) is 1. The minimum atomic E-state index is -0.490. The van der Waals surface area contributed by atoms with Gasteiger partial charge < -0.3 is 15.0 Å². The lowest BCUT2D eigenvalue weighted by molar-refractivity contribution is -0.141. The van der Waals surface area contributed by atoms with Gasteiger partial charge >= 0.3 is 0 Å². The van der Waals surface area contributed by atoms with Gasteiger partial charge in [-0.1, -0.05) is 61.4 Å². The molecular weight excluding hydrogens is 400 g/mol. The number of nitrogens with one attached hydrogen (secondary N) is 1. The minimum absolute atomic E-state index is 0.0239. The number of ether oxygens (including phenoxy) is 1. The van der Waals surface area contributed by atoms with Crippen LogP contribution in [0.15, 0.2) is 48.5 Å². The molecule has 2 atom stereocenters. The number of carbonyl (C=O) groups excluding carboxylic acids is 2. The molecule has 2 amide bonds. The van der Waals surface area contributed by atoms with Crippen molar-refractivity contribution < 1.29 is 14.3 Å². The van der Waals surface area contributed by atoms with Crippen molar-refractivity contribution in [1.82, 2.24) is 10.2 Å². The Labute approximate surface area is 193 Å². The molecule has 0 bridgehead atoms. The second-order valence-electron chi connectivity index (χ2n) is 8.51. The highest BCUT2D eigenvalue weighted by Crippen LogP contribution is 2.16. The van der Waals surface area contributed by atoms with E-state index in [9.17, 15) is 9.59 Å². The van der Waals surface area contributed by atoms with Crippen molar-refractivity contribution in [3.8, 4) is 5.75 Å². The first-order chi connectivity index (χ1) is 15.3. The maximum absolute atomic E-state index is 13.2. The highest BCUT2D eigenvalue weighted by molar-refractivity contribution is 5.87. The average molecular weight is 439 g/mol. The molecule has 0 aliphatic heterocycles. The molecule has 0 saturated heterocycles. The highest BCUT2D eigenvalue weighted by atomic mass is 16.5. The second kappa shape index (κ2) is 12.9. The van der Waals surface area contributed by atoms with Gasteiger partial charge in [0.05, 0.1) is 6.61 Å². The topological polar surface area (TPSA) is 58.6 Å². The molecule has 2 rings (SSSR count). The van der Waals surface area contributed by atoms with Crippen LogP contribution in [-0.2, 0) is 16.1 Å². The first-order valence-electron chi connectivity index (χ1n) is 11.7. The SMILES string of the molecule is CC[C@H](C(=O)N[C@@H](C)CC)N(Cc1ccc(C)cc1)C(=O)CCCOc1ccc(C)cc1. The molecule has 0 radical (unpaired) electrons. The molecule has 0 heterocycles. The summed E-state index contributed by atoms with van der Waals surface area (Å²) in [4.78, 5) is 27.9. The summed E-state index contributed by atoms with van der Waals surface area (Å²) in [6.07, 6.45) is 2.36. The van der Waals surface area contributed by atoms with E-state index in [0.29, 0.717) is 32.4 Å². The molecule has 0 aliphatic rings. The molecule has 5 heteroatoms. The van der Waals surface area contributed by atoms with Crippen molar-refractivity contribution in [2.45, 2.75) is 78.9 Å². The summed E-state index contributed by atoms with van der Waals surface area (Å²) in [5, 5.41) is 3.05. The fourth-order valence-electron chi connectivity index (χ4n) is 3.44.